The summed E-state index contributed by atoms with van der Waals surface area (Å²) in [5.74, 6) is 1.81. The van der Waals surface area contributed by atoms with Crippen LogP contribution in [0.4, 0.5) is 0 Å². The molecular formula is C19H22N4. The van der Waals surface area contributed by atoms with Gasteiger partial charge in [-0.2, -0.15) is 0 Å². The van der Waals surface area contributed by atoms with Crippen LogP contribution in [0.25, 0.3) is 11.0 Å². The molecule has 4 rings (SSSR count). The van der Waals surface area contributed by atoms with Gasteiger partial charge in [0, 0.05) is 31.9 Å². The van der Waals surface area contributed by atoms with Crippen LogP contribution in [-0.4, -0.2) is 32.9 Å². The van der Waals surface area contributed by atoms with Crippen molar-refractivity contribution in [2.75, 3.05) is 13.1 Å². The molecule has 23 heavy (non-hydrogen) atoms. The molecule has 0 aliphatic carbocycles. The molecule has 4 heteroatoms. The van der Waals surface area contributed by atoms with Crippen molar-refractivity contribution in [1.29, 1.82) is 0 Å². The maximum atomic E-state index is 4.73. The van der Waals surface area contributed by atoms with Crippen LogP contribution in [0.3, 0.4) is 0 Å². The summed E-state index contributed by atoms with van der Waals surface area (Å²) >= 11 is 0. The molecule has 0 spiro atoms. The van der Waals surface area contributed by atoms with Gasteiger partial charge >= 0.3 is 0 Å². The number of piperidine rings is 1. The van der Waals surface area contributed by atoms with Crippen LogP contribution in [0, 0.1) is 5.92 Å². The molecule has 0 saturated carbocycles. The molecule has 0 radical (unpaired) electrons. The number of aromatic amines is 1. The topological polar surface area (TPSA) is 44.8 Å². The van der Waals surface area contributed by atoms with E-state index in [9.17, 15) is 0 Å². The number of imidazole rings is 1. The van der Waals surface area contributed by atoms with Gasteiger partial charge in [-0.1, -0.05) is 12.1 Å². The number of rotatable bonds is 4. The number of aromatic nitrogens is 3. The van der Waals surface area contributed by atoms with Gasteiger partial charge in [0.2, 0.25) is 0 Å². The Hall–Kier alpha value is -2.20. The fourth-order valence-corrected chi connectivity index (χ4v) is 3.58. The zero-order valence-electron chi connectivity index (χ0n) is 13.3. The van der Waals surface area contributed by atoms with Crippen LogP contribution in [0.15, 0.2) is 48.8 Å². The van der Waals surface area contributed by atoms with Crippen molar-refractivity contribution in [3.63, 3.8) is 0 Å². The lowest BCUT2D eigenvalue weighted by molar-refractivity contribution is 0.166. The molecule has 3 aromatic rings. The minimum Gasteiger partial charge on any atom is -0.342 e. The Morgan fingerprint density at radius 1 is 1.13 bits per heavy atom. The molecule has 0 unspecified atom stereocenters. The lowest BCUT2D eigenvalue weighted by atomic mass is 9.94. The summed E-state index contributed by atoms with van der Waals surface area (Å²) in [5, 5.41) is 0. The Morgan fingerprint density at radius 2 is 2.00 bits per heavy atom. The van der Waals surface area contributed by atoms with E-state index >= 15 is 0 Å². The number of para-hydroxylation sites is 2. The van der Waals surface area contributed by atoms with Crippen molar-refractivity contribution in [2.24, 2.45) is 5.92 Å². The molecular weight excluding hydrogens is 284 g/mol. The molecule has 4 nitrogen and oxygen atoms in total. The molecule has 118 valence electrons. The number of hydrogen-bond acceptors (Lipinski definition) is 3. The Labute approximate surface area is 136 Å². The van der Waals surface area contributed by atoms with Gasteiger partial charge in [0.05, 0.1) is 11.0 Å². The highest BCUT2D eigenvalue weighted by molar-refractivity contribution is 5.74. The number of fused-ring (bicyclic) bond motifs is 1. The van der Waals surface area contributed by atoms with Gasteiger partial charge in [-0.3, -0.25) is 9.88 Å². The number of benzene rings is 1. The van der Waals surface area contributed by atoms with Gasteiger partial charge in [-0.05, 0) is 55.1 Å². The molecule has 1 aromatic carbocycles. The van der Waals surface area contributed by atoms with Gasteiger partial charge < -0.3 is 4.98 Å². The van der Waals surface area contributed by atoms with Crippen LogP contribution in [0.5, 0.6) is 0 Å². The van der Waals surface area contributed by atoms with E-state index in [4.69, 9.17) is 4.98 Å². The van der Waals surface area contributed by atoms with Crippen LogP contribution in [0.1, 0.15) is 24.2 Å². The normalized spacial score (nSPS) is 19.2. The van der Waals surface area contributed by atoms with Crippen molar-refractivity contribution in [2.45, 2.75) is 25.8 Å². The van der Waals surface area contributed by atoms with Crippen molar-refractivity contribution in [1.82, 2.24) is 19.9 Å². The third kappa shape index (κ3) is 3.42. The summed E-state index contributed by atoms with van der Waals surface area (Å²) in [6.07, 6.45) is 7.37. The molecule has 1 saturated heterocycles. The first-order valence-corrected chi connectivity index (χ1v) is 8.42. The van der Waals surface area contributed by atoms with Crippen molar-refractivity contribution < 1.29 is 0 Å². The summed E-state index contributed by atoms with van der Waals surface area (Å²) in [6.45, 7) is 3.37. The van der Waals surface area contributed by atoms with Gasteiger partial charge in [0.15, 0.2) is 0 Å². The number of likely N-dealkylation sites (tertiary alicyclic amines) is 1. The van der Waals surface area contributed by atoms with Gasteiger partial charge in [-0.15, -0.1) is 0 Å². The van der Waals surface area contributed by atoms with E-state index in [-0.39, 0.29) is 0 Å². The molecule has 1 atom stereocenters. The van der Waals surface area contributed by atoms with Crippen LogP contribution in [-0.2, 0) is 13.0 Å². The second-order valence-corrected chi connectivity index (χ2v) is 6.50. The predicted molar refractivity (Wildman–Crippen MR) is 92.0 cm³/mol. The Bertz CT molecular complexity index is 732. The summed E-state index contributed by atoms with van der Waals surface area (Å²) < 4.78 is 0. The molecule has 2 aromatic heterocycles. The van der Waals surface area contributed by atoms with Gasteiger partial charge in [0.25, 0.3) is 0 Å². The van der Waals surface area contributed by atoms with E-state index in [0.29, 0.717) is 5.92 Å². The summed E-state index contributed by atoms with van der Waals surface area (Å²) in [5.41, 5.74) is 3.57. The maximum absolute atomic E-state index is 4.73. The highest BCUT2D eigenvalue weighted by atomic mass is 15.1. The molecule has 1 aliphatic heterocycles. The fourth-order valence-electron chi connectivity index (χ4n) is 3.58. The fraction of sp³-hybridized carbons (Fsp3) is 0.368. The molecule has 0 amide bonds. The Balaban J connectivity index is 1.41. The van der Waals surface area contributed by atoms with E-state index < -0.39 is 0 Å². The number of hydrogen-bond donors (Lipinski definition) is 1. The minimum absolute atomic E-state index is 0.686. The van der Waals surface area contributed by atoms with Crippen LogP contribution < -0.4 is 0 Å². The number of pyridine rings is 1. The second kappa shape index (κ2) is 6.50. The first kappa shape index (κ1) is 14.4. The zero-order chi connectivity index (χ0) is 15.5. The summed E-state index contributed by atoms with van der Waals surface area (Å²) in [7, 11) is 0. The minimum atomic E-state index is 0.686. The van der Waals surface area contributed by atoms with E-state index in [0.717, 1.165) is 36.4 Å². The largest absolute Gasteiger partial charge is 0.342 e. The third-order valence-electron chi connectivity index (χ3n) is 4.68. The molecule has 1 fully saturated rings. The molecule has 1 N–H and O–H groups in total. The van der Waals surface area contributed by atoms with Gasteiger partial charge in [0.1, 0.15) is 5.82 Å². The van der Waals surface area contributed by atoms with E-state index in [1.165, 1.54) is 24.9 Å². The van der Waals surface area contributed by atoms with Gasteiger partial charge in [-0.25, -0.2) is 4.98 Å². The SMILES string of the molecule is c1ccc2[nH]c(C[C@H]3CCCN(Cc4ccncc4)C3)nc2c1. The summed E-state index contributed by atoms with van der Waals surface area (Å²) in [6, 6.07) is 12.5. The third-order valence-corrected chi connectivity index (χ3v) is 4.68. The second-order valence-electron chi connectivity index (χ2n) is 6.50. The van der Waals surface area contributed by atoms with Crippen molar-refractivity contribution in [3.8, 4) is 0 Å². The summed E-state index contributed by atoms with van der Waals surface area (Å²) in [4.78, 5) is 14.9. The van der Waals surface area contributed by atoms with E-state index in [2.05, 4.69) is 45.2 Å². The van der Waals surface area contributed by atoms with Crippen LogP contribution in [0.2, 0.25) is 0 Å². The number of nitrogens with zero attached hydrogens (tertiary/aromatic N) is 3. The molecule has 3 heterocycles. The highest BCUT2D eigenvalue weighted by Crippen LogP contribution is 2.22. The quantitative estimate of drug-likeness (QED) is 0.803. The number of H-pyrrole nitrogens is 1. The Morgan fingerprint density at radius 3 is 2.87 bits per heavy atom. The smallest absolute Gasteiger partial charge is 0.107 e. The lowest BCUT2D eigenvalue weighted by Crippen LogP contribution is -2.35. The molecule has 1 aliphatic rings. The standard InChI is InChI=1S/C19H22N4/c1-2-6-18-17(5-1)21-19(22-18)12-16-4-3-11-23(14-16)13-15-7-9-20-10-8-15/h1-2,5-10,16H,3-4,11-14H2,(H,21,22)/t16-/m1/s1. The first-order chi connectivity index (χ1) is 11.4. The Kier molecular flexibility index (Phi) is 4.07. The average molecular weight is 306 g/mol. The van der Waals surface area contributed by atoms with Crippen molar-refractivity contribution in [3.05, 3.63) is 60.2 Å². The molecule has 0 bridgehead atoms. The zero-order valence-corrected chi connectivity index (χ0v) is 13.3. The van der Waals surface area contributed by atoms with E-state index in [1.54, 1.807) is 0 Å². The van der Waals surface area contributed by atoms with Crippen molar-refractivity contribution >= 4 is 11.0 Å². The average Bonchev–Trinajstić information content (AvgIpc) is 2.98. The van der Waals surface area contributed by atoms with Crippen LogP contribution >= 0.6 is 0 Å². The monoisotopic (exact) mass is 306 g/mol. The first-order valence-electron chi connectivity index (χ1n) is 8.42. The maximum Gasteiger partial charge on any atom is 0.107 e. The van der Waals surface area contributed by atoms with E-state index in [1.807, 2.05) is 18.5 Å². The highest BCUT2D eigenvalue weighted by Gasteiger charge is 2.21. The number of nitrogens with one attached hydrogen (secondary N) is 1. The predicted octanol–water partition coefficient (Wildman–Crippen LogP) is 3.41. The lowest BCUT2D eigenvalue weighted by Gasteiger charge is -2.32.